The molecule has 0 bridgehead atoms. The van der Waals surface area contributed by atoms with Crippen molar-refractivity contribution in [3.8, 4) is 6.07 Å². The summed E-state index contributed by atoms with van der Waals surface area (Å²) in [5, 5.41) is 17.8. The van der Waals surface area contributed by atoms with Gasteiger partial charge in [0.2, 0.25) is 5.91 Å². The van der Waals surface area contributed by atoms with Crippen molar-refractivity contribution in [2.75, 3.05) is 26.8 Å². The van der Waals surface area contributed by atoms with Crippen LogP contribution in [-0.2, 0) is 14.3 Å². The van der Waals surface area contributed by atoms with Gasteiger partial charge in [0.25, 0.3) is 0 Å². The van der Waals surface area contributed by atoms with Crippen LogP contribution in [0.25, 0.3) is 0 Å². The highest BCUT2D eigenvalue weighted by Crippen LogP contribution is 2.31. The smallest absolute Gasteiger partial charge is 0.303 e. The molecule has 1 amide bonds. The number of ether oxygens (including phenoxy) is 1. The zero-order valence-electron chi connectivity index (χ0n) is 10.5. The molecule has 1 N–H and O–H groups in total. The van der Waals surface area contributed by atoms with Crippen molar-refractivity contribution in [1.82, 2.24) is 4.90 Å². The fourth-order valence-corrected chi connectivity index (χ4v) is 2.03. The van der Waals surface area contributed by atoms with Crippen LogP contribution in [0.4, 0.5) is 0 Å². The molecule has 0 atom stereocenters. The number of hydrogen-bond donors (Lipinski definition) is 1. The molecule has 1 aliphatic heterocycles. The number of carboxylic acids is 1. The topological polar surface area (TPSA) is 90.6 Å². The Kier molecular flexibility index (Phi) is 5.10. The second-order valence-electron chi connectivity index (χ2n) is 4.53. The van der Waals surface area contributed by atoms with E-state index in [1.807, 2.05) is 0 Å². The van der Waals surface area contributed by atoms with Gasteiger partial charge in [-0.3, -0.25) is 9.59 Å². The van der Waals surface area contributed by atoms with E-state index in [4.69, 9.17) is 9.84 Å². The van der Waals surface area contributed by atoms with Gasteiger partial charge in [-0.25, -0.2) is 0 Å². The van der Waals surface area contributed by atoms with Crippen molar-refractivity contribution in [2.24, 2.45) is 5.41 Å². The van der Waals surface area contributed by atoms with Crippen LogP contribution in [0.3, 0.4) is 0 Å². The van der Waals surface area contributed by atoms with Crippen LogP contribution in [-0.4, -0.2) is 48.7 Å². The summed E-state index contributed by atoms with van der Waals surface area (Å²) in [5.74, 6) is -1.10. The minimum Gasteiger partial charge on any atom is -0.481 e. The SMILES string of the molecule is CN(CCCC(=O)O)C(=O)C1(C#N)CCOCC1. The molecule has 0 saturated carbocycles. The Morgan fingerprint density at radius 1 is 1.44 bits per heavy atom. The van der Waals surface area contributed by atoms with E-state index in [1.165, 1.54) is 4.90 Å². The number of carbonyl (C=O) groups is 2. The van der Waals surface area contributed by atoms with Gasteiger partial charge in [0, 0.05) is 33.2 Å². The first kappa shape index (κ1) is 14.5. The molecule has 0 aromatic heterocycles. The Bertz CT molecular complexity index is 356. The molecule has 6 nitrogen and oxygen atoms in total. The standard InChI is InChI=1S/C12H18N2O4/c1-14(6-2-3-10(15)16)11(17)12(9-13)4-7-18-8-5-12/h2-8H2,1H3,(H,15,16). The molecule has 0 spiro atoms. The summed E-state index contributed by atoms with van der Waals surface area (Å²) in [7, 11) is 1.61. The van der Waals surface area contributed by atoms with Crippen LogP contribution in [0, 0.1) is 16.7 Å². The largest absolute Gasteiger partial charge is 0.481 e. The third-order valence-corrected chi connectivity index (χ3v) is 3.20. The predicted octanol–water partition coefficient (Wildman–Crippen LogP) is 0.630. The second-order valence-corrected chi connectivity index (χ2v) is 4.53. The van der Waals surface area contributed by atoms with Crippen LogP contribution < -0.4 is 0 Å². The third kappa shape index (κ3) is 3.44. The van der Waals surface area contributed by atoms with E-state index in [-0.39, 0.29) is 12.3 Å². The number of carbonyl (C=O) groups excluding carboxylic acids is 1. The Morgan fingerprint density at radius 2 is 2.06 bits per heavy atom. The molecule has 100 valence electrons. The van der Waals surface area contributed by atoms with Crippen molar-refractivity contribution in [3.05, 3.63) is 0 Å². The van der Waals surface area contributed by atoms with Crippen molar-refractivity contribution in [2.45, 2.75) is 25.7 Å². The first-order valence-corrected chi connectivity index (χ1v) is 5.98. The number of aliphatic carboxylic acids is 1. The molecule has 0 aromatic carbocycles. The molecular formula is C12H18N2O4. The molecule has 6 heteroatoms. The van der Waals surface area contributed by atoms with E-state index < -0.39 is 11.4 Å². The summed E-state index contributed by atoms with van der Waals surface area (Å²) in [6.07, 6.45) is 1.24. The Labute approximate surface area is 106 Å². The number of rotatable bonds is 5. The quantitative estimate of drug-likeness (QED) is 0.777. The number of carboxylic acid groups (broad SMARTS) is 1. The molecule has 18 heavy (non-hydrogen) atoms. The van der Waals surface area contributed by atoms with Crippen molar-refractivity contribution >= 4 is 11.9 Å². The summed E-state index contributed by atoms with van der Waals surface area (Å²) in [5.41, 5.74) is -0.990. The lowest BCUT2D eigenvalue weighted by Crippen LogP contribution is -2.45. The average molecular weight is 254 g/mol. The fraction of sp³-hybridized carbons (Fsp3) is 0.750. The molecule has 1 heterocycles. The van der Waals surface area contributed by atoms with Gasteiger partial charge in [-0.05, 0) is 19.3 Å². The molecule has 1 fully saturated rings. The minimum atomic E-state index is -0.990. The van der Waals surface area contributed by atoms with E-state index >= 15 is 0 Å². The lowest BCUT2D eigenvalue weighted by molar-refractivity contribution is -0.143. The van der Waals surface area contributed by atoms with Gasteiger partial charge in [0.1, 0.15) is 5.41 Å². The third-order valence-electron chi connectivity index (χ3n) is 3.20. The van der Waals surface area contributed by atoms with Gasteiger partial charge >= 0.3 is 5.97 Å². The average Bonchev–Trinajstić information content (AvgIpc) is 2.38. The lowest BCUT2D eigenvalue weighted by atomic mass is 9.80. The number of amides is 1. The van der Waals surface area contributed by atoms with E-state index in [2.05, 4.69) is 6.07 Å². The number of nitriles is 1. The van der Waals surface area contributed by atoms with Crippen LogP contribution >= 0.6 is 0 Å². The van der Waals surface area contributed by atoms with Gasteiger partial charge in [-0.1, -0.05) is 0 Å². The summed E-state index contributed by atoms with van der Waals surface area (Å²) in [4.78, 5) is 24.1. The highest BCUT2D eigenvalue weighted by molar-refractivity contribution is 5.85. The Balaban J connectivity index is 2.55. The highest BCUT2D eigenvalue weighted by Gasteiger charge is 2.42. The first-order valence-electron chi connectivity index (χ1n) is 5.98. The van der Waals surface area contributed by atoms with Gasteiger partial charge in [0.05, 0.1) is 6.07 Å². The molecular weight excluding hydrogens is 236 g/mol. The van der Waals surface area contributed by atoms with E-state index in [0.29, 0.717) is 39.0 Å². The molecule has 0 radical (unpaired) electrons. The molecule has 1 aliphatic rings. The Hall–Kier alpha value is -1.61. The Morgan fingerprint density at radius 3 is 2.56 bits per heavy atom. The zero-order chi connectivity index (χ0) is 13.6. The summed E-state index contributed by atoms with van der Waals surface area (Å²) >= 11 is 0. The van der Waals surface area contributed by atoms with Crippen molar-refractivity contribution < 1.29 is 19.4 Å². The van der Waals surface area contributed by atoms with Crippen molar-refractivity contribution in [1.29, 1.82) is 5.26 Å². The van der Waals surface area contributed by atoms with Gasteiger partial charge < -0.3 is 14.7 Å². The van der Waals surface area contributed by atoms with Crippen LogP contribution in [0.5, 0.6) is 0 Å². The van der Waals surface area contributed by atoms with E-state index in [9.17, 15) is 14.9 Å². The summed E-state index contributed by atoms with van der Waals surface area (Å²) < 4.78 is 5.17. The van der Waals surface area contributed by atoms with Gasteiger partial charge in [-0.2, -0.15) is 5.26 Å². The second kappa shape index (κ2) is 6.36. The van der Waals surface area contributed by atoms with E-state index in [0.717, 1.165) is 0 Å². The van der Waals surface area contributed by atoms with Crippen LogP contribution in [0.1, 0.15) is 25.7 Å². The highest BCUT2D eigenvalue weighted by atomic mass is 16.5. The maximum atomic E-state index is 12.2. The first-order chi connectivity index (χ1) is 8.52. The molecule has 1 saturated heterocycles. The zero-order valence-corrected chi connectivity index (χ0v) is 10.5. The molecule has 0 aliphatic carbocycles. The molecule has 1 rings (SSSR count). The molecule has 0 aromatic rings. The normalized spacial score (nSPS) is 17.8. The minimum absolute atomic E-state index is 0.0281. The lowest BCUT2D eigenvalue weighted by Gasteiger charge is -2.33. The summed E-state index contributed by atoms with van der Waals surface area (Å²) in [6.45, 7) is 1.19. The molecule has 0 unspecified atom stereocenters. The fourth-order valence-electron chi connectivity index (χ4n) is 2.03. The summed E-state index contributed by atoms with van der Waals surface area (Å²) in [6, 6.07) is 2.11. The maximum absolute atomic E-state index is 12.2. The monoisotopic (exact) mass is 254 g/mol. The predicted molar refractivity (Wildman–Crippen MR) is 62.6 cm³/mol. The van der Waals surface area contributed by atoms with Gasteiger partial charge in [-0.15, -0.1) is 0 Å². The van der Waals surface area contributed by atoms with E-state index in [1.54, 1.807) is 7.05 Å². The maximum Gasteiger partial charge on any atom is 0.303 e. The number of hydrogen-bond acceptors (Lipinski definition) is 4. The van der Waals surface area contributed by atoms with Crippen molar-refractivity contribution in [3.63, 3.8) is 0 Å². The van der Waals surface area contributed by atoms with Crippen LogP contribution in [0.15, 0.2) is 0 Å². The van der Waals surface area contributed by atoms with Gasteiger partial charge in [0.15, 0.2) is 0 Å². The van der Waals surface area contributed by atoms with Crippen LogP contribution in [0.2, 0.25) is 0 Å². The number of nitrogens with zero attached hydrogens (tertiary/aromatic N) is 2.